The van der Waals surface area contributed by atoms with Crippen LogP contribution in [-0.4, -0.2) is 56.8 Å². The Morgan fingerprint density at radius 2 is 2.21 bits per heavy atom. The van der Waals surface area contributed by atoms with Crippen molar-refractivity contribution < 1.29 is 18.3 Å². The van der Waals surface area contributed by atoms with Crippen LogP contribution in [0.4, 0.5) is 11.6 Å². The van der Waals surface area contributed by atoms with Gasteiger partial charge in [-0.05, 0) is 6.07 Å². The Hall–Kier alpha value is -3.16. The largest absolute Gasteiger partial charge is 0.467 e. The minimum absolute atomic E-state index is 0.0132. The monoisotopic (exact) mass is 398 g/mol. The van der Waals surface area contributed by atoms with Crippen LogP contribution in [0.3, 0.4) is 0 Å². The maximum Gasteiger partial charge on any atom is 0.257 e. The maximum atomic E-state index is 9.63. The summed E-state index contributed by atoms with van der Waals surface area (Å²) >= 11 is 0. The molecule has 0 radical (unpaired) electrons. The summed E-state index contributed by atoms with van der Waals surface area (Å²) in [6.45, 7) is 1.55. The molecule has 2 aliphatic rings. The van der Waals surface area contributed by atoms with Gasteiger partial charge in [0.1, 0.15) is 29.2 Å². The van der Waals surface area contributed by atoms with Crippen LogP contribution in [0.2, 0.25) is 0 Å². The van der Waals surface area contributed by atoms with Crippen molar-refractivity contribution in [2.45, 2.75) is 19.1 Å². The lowest BCUT2D eigenvalue weighted by Crippen LogP contribution is -2.38. The molecule has 10 nitrogen and oxygen atoms in total. The predicted molar refractivity (Wildman–Crippen MR) is 103 cm³/mol. The Morgan fingerprint density at radius 1 is 1.34 bits per heavy atom. The van der Waals surface area contributed by atoms with E-state index in [0.717, 1.165) is 10.1 Å². The molecule has 0 unspecified atom stereocenters. The number of rotatable bonds is 5. The molecule has 5 rings (SSSR count). The number of nitrogens with zero attached hydrogens (tertiary/aromatic N) is 6. The second kappa shape index (κ2) is 7.02. The minimum Gasteiger partial charge on any atom is -0.467 e. The number of hydrogen-bond acceptors (Lipinski definition) is 8. The molecule has 1 N–H and O–H groups in total. The number of nitrogens with one attached hydrogen (secondary N) is 1. The number of ether oxygens (including phenoxy) is 3. The molecule has 0 spiro atoms. The third-order valence-corrected chi connectivity index (χ3v) is 5.16. The summed E-state index contributed by atoms with van der Waals surface area (Å²) in [5.41, 5.74) is 1.40. The molecule has 2 fully saturated rings. The Kier molecular flexibility index (Phi) is 3.58. The summed E-state index contributed by atoms with van der Waals surface area (Å²) in [4.78, 5) is 8.95. The van der Waals surface area contributed by atoms with Gasteiger partial charge in [-0.1, -0.05) is 6.92 Å². The van der Waals surface area contributed by atoms with E-state index in [2.05, 4.69) is 33.4 Å². The lowest BCUT2D eigenvalue weighted by molar-refractivity contribution is -0.0812. The van der Waals surface area contributed by atoms with Gasteiger partial charge in [0.15, 0.2) is 0 Å². The normalized spacial score (nSPS) is 23.8. The first-order valence-corrected chi connectivity index (χ1v) is 9.31. The smallest absolute Gasteiger partial charge is 0.257 e. The van der Waals surface area contributed by atoms with Gasteiger partial charge in [-0.15, -0.1) is 5.10 Å². The quantitative estimate of drug-likeness (QED) is 0.692. The molecule has 10 heteroatoms. The van der Waals surface area contributed by atoms with Crippen LogP contribution in [0.1, 0.15) is 22.8 Å². The van der Waals surface area contributed by atoms with E-state index in [1.54, 1.807) is 12.3 Å². The summed E-state index contributed by atoms with van der Waals surface area (Å²) in [5.74, 6) is 0.586. The Labute approximate surface area is 171 Å². The van der Waals surface area contributed by atoms with Crippen LogP contribution in [0.5, 0.6) is 5.88 Å². The third kappa shape index (κ3) is 3.18. The highest BCUT2D eigenvalue weighted by atomic mass is 16.6. The highest BCUT2D eigenvalue weighted by Crippen LogP contribution is 2.32. The molecule has 3 aromatic rings. The molecule has 2 aliphatic heterocycles. The van der Waals surface area contributed by atoms with Crippen molar-refractivity contribution in [2.75, 3.05) is 31.7 Å². The van der Waals surface area contributed by atoms with Crippen molar-refractivity contribution in [1.29, 1.82) is 5.26 Å². The van der Waals surface area contributed by atoms with E-state index in [-0.39, 0.29) is 29.9 Å². The zero-order valence-corrected chi connectivity index (χ0v) is 15.7. The van der Waals surface area contributed by atoms with E-state index in [9.17, 15) is 5.26 Å². The van der Waals surface area contributed by atoms with Gasteiger partial charge >= 0.3 is 0 Å². The van der Waals surface area contributed by atoms with E-state index in [1.165, 1.54) is 6.20 Å². The van der Waals surface area contributed by atoms with E-state index < -0.39 is 6.98 Å². The summed E-state index contributed by atoms with van der Waals surface area (Å²) in [7, 11) is 0. The van der Waals surface area contributed by atoms with Gasteiger partial charge in [-0.25, -0.2) is 4.98 Å². The Balaban J connectivity index is 1.52. The average Bonchev–Trinajstić information content (AvgIpc) is 3.40. The second-order valence-corrected chi connectivity index (χ2v) is 7.26. The summed E-state index contributed by atoms with van der Waals surface area (Å²) in [6, 6.07) is 3.97. The van der Waals surface area contributed by atoms with Crippen LogP contribution in [0.15, 0.2) is 18.5 Å². The van der Waals surface area contributed by atoms with Gasteiger partial charge in [0, 0.05) is 28.6 Å². The van der Waals surface area contributed by atoms with Crippen molar-refractivity contribution >= 4 is 22.7 Å². The first-order chi connectivity index (χ1) is 15.3. The fraction of sp³-hybridized carbons (Fsp3) is 0.474. The van der Waals surface area contributed by atoms with Crippen molar-refractivity contribution in [3.63, 3.8) is 0 Å². The molecule has 3 aromatic heterocycles. The Morgan fingerprint density at radius 3 is 2.90 bits per heavy atom. The van der Waals surface area contributed by atoms with Crippen LogP contribution in [-0.2, 0) is 16.4 Å². The fourth-order valence-electron chi connectivity index (χ4n) is 3.56. The number of hydrogen-bond donors (Lipinski definition) is 1. The van der Waals surface area contributed by atoms with Gasteiger partial charge in [0.05, 0.1) is 38.7 Å². The molecule has 2 saturated heterocycles. The van der Waals surface area contributed by atoms with Crippen molar-refractivity contribution in [3.8, 4) is 11.9 Å². The number of fused-ring (bicyclic) bond motifs is 1. The van der Waals surface area contributed by atoms with Crippen LogP contribution < -0.4 is 10.1 Å². The molecule has 0 amide bonds. The zero-order chi connectivity index (χ0) is 22.5. The van der Waals surface area contributed by atoms with Gasteiger partial charge in [-0.3, -0.25) is 4.68 Å². The Bertz CT molecular complexity index is 1200. The van der Waals surface area contributed by atoms with Gasteiger partial charge in [0.25, 0.3) is 5.88 Å². The number of aryl methyl sites for hydroxylation is 1. The molecule has 5 heterocycles. The third-order valence-electron chi connectivity index (χ3n) is 5.16. The van der Waals surface area contributed by atoms with Crippen LogP contribution in [0.25, 0.3) is 11.0 Å². The minimum atomic E-state index is -2.46. The number of nitriles is 1. The molecule has 0 aromatic carbocycles. The fourth-order valence-corrected chi connectivity index (χ4v) is 3.56. The first-order valence-electron chi connectivity index (χ1n) is 10.8. The molecular formula is C19H21N7O3. The van der Waals surface area contributed by atoms with Crippen LogP contribution in [0, 0.1) is 17.2 Å². The lowest BCUT2D eigenvalue weighted by atomic mass is 10.1. The topological polar surface area (TPSA) is 112 Å². The molecule has 2 atom stereocenters. The molecule has 150 valence electrons. The van der Waals surface area contributed by atoms with E-state index in [4.69, 9.17) is 18.3 Å². The molecular weight excluding hydrogens is 374 g/mol. The van der Waals surface area contributed by atoms with E-state index in [1.807, 2.05) is 4.57 Å². The van der Waals surface area contributed by atoms with E-state index in [0.29, 0.717) is 43.5 Å². The molecule has 29 heavy (non-hydrogen) atoms. The zero-order valence-electron chi connectivity index (χ0n) is 18.7. The summed E-state index contributed by atoms with van der Waals surface area (Å²) in [5, 5.41) is 17.4. The SMILES string of the molecule is [2H]C([2H])([2H])n1cc(Nc2ncc3cc(C#N)n([C@H]4COC[C@@H]4C)c3n2)c(OC2COC2)n1. The lowest BCUT2D eigenvalue weighted by Gasteiger charge is -2.25. The number of aromatic nitrogens is 5. The van der Waals surface area contributed by atoms with Crippen molar-refractivity contribution in [3.05, 3.63) is 24.2 Å². The van der Waals surface area contributed by atoms with Crippen LogP contribution >= 0.6 is 0 Å². The average molecular weight is 398 g/mol. The molecule has 0 saturated carbocycles. The standard InChI is InChI=1S/C19H21N7O3/c1-11-7-27-10-16(11)26-13(4-20)3-12-5-21-19(23-17(12)26)22-15-6-25(2)24-18(15)29-14-8-28-9-14/h3,5-6,11,14,16H,7-10H2,1-2H3,(H,21,22,23)/t11-,16-/m0/s1/i2D3. The van der Waals surface area contributed by atoms with Crippen molar-refractivity contribution in [1.82, 2.24) is 24.3 Å². The van der Waals surface area contributed by atoms with E-state index >= 15 is 0 Å². The van der Waals surface area contributed by atoms with Gasteiger partial charge in [0.2, 0.25) is 5.95 Å². The molecule has 0 aliphatic carbocycles. The maximum absolute atomic E-state index is 9.63. The number of anilines is 2. The first kappa shape index (κ1) is 14.8. The van der Waals surface area contributed by atoms with Gasteiger partial charge < -0.3 is 24.1 Å². The summed E-state index contributed by atoms with van der Waals surface area (Å²) in [6.07, 6.45) is 2.76. The highest BCUT2D eigenvalue weighted by molar-refractivity contribution is 5.79. The van der Waals surface area contributed by atoms with Gasteiger partial charge in [-0.2, -0.15) is 10.2 Å². The second-order valence-electron chi connectivity index (χ2n) is 7.26. The summed E-state index contributed by atoms with van der Waals surface area (Å²) < 4.78 is 42.1. The van der Waals surface area contributed by atoms with Crippen molar-refractivity contribution in [2.24, 2.45) is 12.9 Å². The predicted octanol–water partition coefficient (Wildman–Crippen LogP) is 1.77. The highest BCUT2D eigenvalue weighted by Gasteiger charge is 2.30. The molecule has 0 bridgehead atoms.